The highest BCUT2D eigenvalue weighted by molar-refractivity contribution is 6.15. The van der Waals surface area contributed by atoms with Crippen molar-refractivity contribution in [2.75, 3.05) is 13.2 Å². The summed E-state index contributed by atoms with van der Waals surface area (Å²) >= 11 is 0. The zero-order valence-corrected chi connectivity index (χ0v) is 25.2. The molecule has 42 heavy (non-hydrogen) atoms. The van der Waals surface area contributed by atoms with E-state index < -0.39 is 10.9 Å². The number of unbranched alkanes of at least 4 members (excludes halogenated alkanes) is 1. The fraction of sp³-hybridized carbons (Fsp3) is 0.394. The van der Waals surface area contributed by atoms with Crippen LogP contribution in [-0.4, -0.2) is 34.4 Å². The minimum atomic E-state index is -0.548. The summed E-state index contributed by atoms with van der Waals surface area (Å²) in [6, 6.07) is 11.3. The van der Waals surface area contributed by atoms with E-state index in [4.69, 9.17) is 14.3 Å². The topological polar surface area (TPSA) is 105 Å². The second-order valence-electron chi connectivity index (χ2n) is 9.96. The summed E-state index contributed by atoms with van der Waals surface area (Å²) in [5.74, 6) is 1.10. The van der Waals surface area contributed by atoms with Crippen molar-refractivity contribution >= 4 is 35.2 Å². The molecule has 9 heteroatoms. The van der Waals surface area contributed by atoms with Gasteiger partial charge in [0.1, 0.15) is 17.2 Å². The molecule has 0 aliphatic heterocycles. The average molecular weight is 576 g/mol. The molecule has 0 aliphatic rings. The summed E-state index contributed by atoms with van der Waals surface area (Å²) in [4.78, 5) is 27.4. The lowest BCUT2D eigenvalue weighted by molar-refractivity contribution is -0.402. The Morgan fingerprint density at radius 3 is 2.52 bits per heavy atom. The molecule has 1 atom stereocenters. The lowest BCUT2D eigenvalue weighted by Gasteiger charge is -2.17. The standard InChI is InChI=1S/C33H41N3O6/c1-7-11-13-25(8-2)22-35-30(14-12-19-36(38)39)23(5)29-20-26(15-18-31(29)35)33(34-42-24(6)37)28-17-16-27(40-9-3)21-32(28)41-10-4/h12,14-21,25H,5,7-11,13,22H2,1-4,6H3/b19-12+,30-14+,34-33-. The third-order valence-corrected chi connectivity index (χ3v) is 7.02. The van der Waals surface area contributed by atoms with Gasteiger partial charge in [0.05, 0.1) is 18.1 Å². The van der Waals surface area contributed by atoms with E-state index in [2.05, 4.69) is 30.1 Å². The van der Waals surface area contributed by atoms with Gasteiger partial charge >= 0.3 is 5.97 Å². The summed E-state index contributed by atoms with van der Waals surface area (Å²) < 4.78 is 13.8. The van der Waals surface area contributed by atoms with Gasteiger partial charge < -0.3 is 18.9 Å². The van der Waals surface area contributed by atoms with Crippen LogP contribution in [0.1, 0.15) is 71.4 Å². The van der Waals surface area contributed by atoms with Gasteiger partial charge in [-0.05, 0) is 56.5 Å². The second kappa shape index (κ2) is 15.6. The molecule has 9 nitrogen and oxygen atoms in total. The molecule has 3 rings (SSSR count). The number of oxime groups is 1. The van der Waals surface area contributed by atoms with E-state index in [0.29, 0.717) is 47.5 Å². The SMILES string of the molecule is C=c1/c(=C\C=C\[N+](=O)[O-])n(CC(CC)CCCC)c2ccc(/C(=N/OC(C)=O)c3ccc(OCC)cc3OCC)cc12. The smallest absolute Gasteiger partial charge is 0.332 e. The number of carbonyl (C=O) groups is 1. The van der Waals surface area contributed by atoms with Gasteiger partial charge in [-0.25, -0.2) is 4.79 Å². The third-order valence-electron chi connectivity index (χ3n) is 7.02. The van der Waals surface area contributed by atoms with E-state index in [1.807, 2.05) is 44.2 Å². The van der Waals surface area contributed by atoms with Crippen LogP contribution in [0.15, 0.2) is 53.8 Å². The molecule has 0 spiro atoms. The van der Waals surface area contributed by atoms with Crippen molar-refractivity contribution in [2.45, 2.75) is 66.8 Å². The average Bonchev–Trinajstić information content (AvgIpc) is 3.21. The lowest BCUT2D eigenvalue weighted by Crippen LogP contribution is -2.30. The normalized spacial score (nSPS) is 13.1. The van der Waals surface area contributed by atoms with Crippen LogP contribution in [0.2, 0.25) is 0 Å². The number of benzene rings is 2. The Balaban J connectivity index is 2.26. The number of rotatable bonds is 15. The molecule has 0 bridgehead atoms. The molecule has 224 valence electrons. The fourth-order valence-electron chi connectivity index (χ4n) is 4.96. The number of hydrogen-bond donors (Lipinski definition) is 0. The van der Waals surface area contributed by atoms with Gasteiger partial charge in [-0.2, -0.15) is 0 Å². The first-order valence-corrected chi connectivity index (χ1v) is 14.5. The van der Waals surface area contributed by atoms with Crippen LogP contribution >= 0.6 is 0 Å². The largest absolute Gasteiger partial charge is 0.494 e. The Morgan fingerprint density at radius 2 is 1.88 bits per heavy atom. The highest BCUT2D eigenvalue weighted by Gasteiger charge is 2.19. The first-order chi connectivity index (χ1) is 20.2. The zero-order valence-electron chi connectivity index (χ0n) is 25.2. The van der Waals surface area contributed by atoms with Crippen molar-refractivity contribution in [1.29, 1.82) is 0 Å². The predicted molar refractivity (Wildman–Crippen MR) is 167 cm³/mol. The summed E-state index contributed by atoms with van der Waals surface area (Å²) in [5.41, 5.74) is 2.71. The molecule has 0 aliphatic carbocycles. The van der Waals surface area contributed by atoms with E-state index in [-0.39, 0.29) is 0 Å². The van der Waals surface area contributed by atoms with Gasteiger partial charge in [0.15, 0.2) is 0 Å². The van der Waals surface area contributed by atoms with E-state index in [1.165, 1.54) is 13.0 Å². The lowest BCUT2D eigenvalue weighted by atomic mass is 9.98. The quantitative estimate of drug-likeness (QED) is 0.0960. The molecule has 0 saturated heterocycles. The number of nitrogens with zero attached hydrogens (tertiary/aromatic N) is 3. The summed E-state index contributed by atoms with van der Waals surface area (Å²) in [7, 11) is 0. The van der Waals surface area contributed by atoms with Crippen molar-refractivity contribution in [3.05, 3.63) is 80.5 Å². The first kappa shape index (κ1) is 32.1. The molecule has 1 unspecified atom stereocenters. The Morgan fingerprint density at radius 1 is 1.12 bits per heavy atom. The van der Waals surface area contributed by atoms with Crippen LogP contribution in [0, 0.1) is 16.0 Å². The molecule has 1 aromatic heterocycles. The van der Waals surface area contributed by atoms with E-state index in [9.17, 15) is 14.9 Å². The molecule has 0 fully saturated rings. The van der Waals surface area contributed by atoms with Crippen molar-refractivity contribution in [3.63, 3.8) is 0 Å². The molecule has 3 aromatic rings. The molecule has 0 amide bonds. The maximum atomic E-state index is 11.8. The number of fused-ring (bicyclic) bond motifs is 1. The van der Waals surface area contributed by atoms with Crippen LogP contribution in [0.4, 0.5) is 0 Å². The van der Waals surface area contributed by atoms with Crippen LogP contribution < -0.4 is 20.0 Å². The number of aromatic nitrogens is 1. The molecule has 0 N–H and O–H groups in total. The number of carbonyl (C=O) groups excluding carboxylic acids is 1. The number of hydrogen-bond acceptors (Lipinski definition) is 7. The molecule has 2 aromatic carbocycles. The highest BCUT2D eigenvalue weighted by atomic mass is 16.7. The molecular formula is C33H41N3O6. The van der Waals surface area contributed by atoms with Crippen LogP contribution in [0.25, 0.3) is 23.6 Å². The van der Waals surface area contributed by atoms with Gasteiger partial charge in [-0.15, -0.1) is 0 Å². The van der Waals surface area contributed by atoms with Crippen molar-refractivity contribution < 1.29 is 24.0 Å². The predicted octanol–water partition coefficient (Wildman–Crippen LogP) is 5.95. The molecule has 1 heterocycles. The Bertz CT molecular complexity index is 1570. The molecular weight excluding hydrogens is 534 g/mol. The number of ether oxygens (including phenoxy) is 2. The summed E-state index contributed by atoms with van der Waals surface area (Å²) in [6.07, 6.45) is 8.48. The van der Waals surface area contributed by atoms with Crippen LogP contribution in [0.5, 0.6) is 11.5 Å². The highest BCUT2D eigenvalue weighted by Crippen LogP contribution is 2.29. The van der Waals surface area contributed by atoms with E-state index in [1.54, 1.807) is 12.1 Å². The first-order valence-electron chi connectivity index (χ1n) is 14.5. The maximum Gasteiger partial charge on any atom is 0.332 e. The summed E-state index contributed by atoms with van der Waals surface area (Å²) in [5, 5.41) is 17.6. The van der Waals surface area contributed by atoms with Crippen molar-refractivity contribution in [3.8, 4) is 11.5 Å². The van der Waals surface area contributed by atoms with Crippen LogP contribution in [0.3, 0.4) is 0 Å². The molecule has 0 saturated carbocycles. The Kier molecular flexibility index (Phi) is 11.9. The maximum absolute atomic E-state index is 11.8. The van der Waals surface area contributed by atoms with Gasteiger partial charge in [0, 0.05) is 58.2 Å². The van der Waals surface area contributed by atoms with Crippen LogP contribution in [-0.2, 0) is 16.2 Å². The van der Waals surface area contributed by atoms with Gasteiger partial charge in [-0.3, -0.25) is 10.1 Å². The van der Waals surface area contributed by atoms with E-state index in [0.717, 1.165) is 59.9 Å². The second-order valence-corrected chi connectivity index (χ2v) is 9.96. The summed E-state index contributed by atoms with van der Waals surface area (Å²) in [6.45, 7) is 15.5. The van der Waals surface area contributed by atoms with Crippen molar-refractivity contribution in [2.24, 2.45) is 11.1 Å². The zero-order chi connectivity index (χ0) is 30.6. The van der Waals surface area contributed by atoms with Gasteiger partial charge in [0.25, 0.3) is 0 Å². The Labute approximate surface area is 246 Å². The monoisotopic (exact) mass is 575 g/mol. The van der Waals surface area contributed by atoms with Crippen molar-refractivity contribution in [1.82, 2.24) is 4.57 Å². The minimum absolute atomic E-state index is 0.416. The third kappa shape index (κ3) is 8.09. The van der Waals surface area contributed by atoms with Gasteiger partial charge in [-0.1, -0.05) is 50.9 Å². The fourth-order valence-corrected chi connectivity index (χ4v) is 4.96. The number of allylic oxidation sites excluding steroid dienone is 1. The minimum Gasteiger partial charge on any atom is -0.494 e. The molecule has 0 radical (unpaired) electrons. The van der Waals surface area contributed by atoms with Gasteiger partial charge in [0.2, 0.25) is 6.20 Å². The van der Waals surface area contributed by atoms with E-state index >= 15 is 0 Å². The number of nitro groups is 1. The Hall–Kier alpha value is -4.40.